The van der Waals surface area contributed by atoms with Crippen LogP contribution in [-0.2, 0) is 11.0 Å². The third-order valence-electron chi connectivity index (χ3n) is 7.16. The number of nitrogens with zero attached hydrogens (tertiary/aromatic N) is 2. The third kappa shape index (κ3) is 9.39. The standard InChI is InChI=1S/C23H23F5N2O3.C8H10N2/c24-22(25)6-9-30(10-7-22)21(32)17-4-2-16(3-5-17)18-12-19(23(26,27)28)14-20(13-18)33-11-1-8-29-15-31;9-8-4-3-7(5-10-8)6-1-2-6/h2-5,12-15H,1,6-11H2,(H,29,31);3-6H,1-2H2,(H2,9,10). The maximum Gasteiger partial charge on any atom is 0.416 e. The second-order valence-corrected chi connectivity index (χ2v) is 10.5. The minimum Gasteiger partial charge on any atom is -0.493 e. The lowest BCUT2D eigenvalue weighted by molar-refractivity contribution is -0.137. The molecule has 1 aliphatic heterocycles. The number of pyridine rings is 1. The highest BCUT2D eigenvalue weighted by Crippen LogP contribution is 2.39. The Hall–Kier alpha value is -4.22. The Bertz CT molecular complexity index is 1370. The largest absolute Gasteiger partial charge is 0.493 e. The van der Waals surface area contributed by atoms with E-state index < -0.39 is 36.4 Å². The quantitative estimate of drug-likeness (QED) is 0.170. The molecule has 2 aliphatic rings. The Labute approximate surface area is 246 Å². The average molecular weight is 605 g/mol. The van der Waals surface area contributed by atoms with Crippen molar-refractivity contribution in [3.8, 4) is 16.9 Å². The normalized spacial score (nSPS) is 16.1. The molecule has 2 heterocycles. The van der Waals surface area contributed by atoms with Gasteiger partial charge in [-0.05, 0) is 78.3 Å². The molecule has 2 fully saturated rings. The summed E-state index contributed by atoms with van der Waals surface area (Å²) < 4.78 is 72.2. The van der Waals surface area contributed by atoms with E-state index in [1.165, 1.54) is 53.6 Å². The summed E-state index contributed by atoms with van der Waals surface area (Å²) in [6.45, 7) is 0.345. The van der Waals surface area contributed by atoms with Crippen molar-refractivity contribution in [2.45, 2.75) is 50.1 Å². The number of nitrogen functional groups attached to an aromatic ring is 1. The van der Waals surface area contributed by atoms with Crippen LogP contribution >= 0.6 is 0 Å². The zero-order chi connectivity index (χ0) is 31.0. The number of carbonyl (C=O) groups excluding carboxylic acids is 2. The highest BCUT2D eigenvalue weighted by molar-refractivity contribution is 5.94. The van der Waals surface area contributed by atoms with Crippen molar-refractivity contribution in [3.05, 3.63) is 77.5 Å². The van der Waals surface area contributed by atoms with Crippen molar-refractivity contribution in [3.63, 3.8) is 0 Å². The monoisotopic (exact) mass is 604 g/mol. The van der Waals surface area contributed by atoms with Gasteiger partial charge < -0.3 is 20.7 Å². The summed E-state index contributed by atoms with van der Waals surface area (Å²) in [4.78, 5) is 28.2. The van der Waals surface area contributed by atoms with Gasteiger partial charge in [-0.1, -0.05) is 18.2 Å². The molecule has 0 spiro atoms. The van der Waals surface area contributed by atoms with Gasteiger partial charge in [-0.25, -0.2) is 13.8 Å². The smallest absolute Gasteiger partial charge is 0.416 e. The SMILES string of the molecule is Nc1ccc(C2CC2)cn1.O=CNCCCOc1cc(-c2ccc(C(=O)N3CCC(F)(F)CC3)cc2)cc(C(F)(F)F)c1. The molecule has 5 rings (SSSR count). The number of likely N-dealkylation sites (tertiary alicyclic amines) is 1. The summed E-state index contributed by atoms with van der Waals surface area (Å²) in [5.74, 6) is -1.73. The van der Waals surface area contributed by atoms with Crippen LogP contribution in [0.2, 0.25) is 0 Å². The summed E-state index contributed by atoms with van der Waals surface area (Å²) in [5.41, 5.74) is 6.86. The molecule has 1 saturated heterocycles. The summed E-state index contributed by atoms with van der Waals surface area (Å²) in [7, 11) is 0. The number of nitrogens with one attached hydrogen (secondary N) is 1. The fourth-order valence-corrected chi connectivity index (χ4v) is 4.54. The number of piperidine rings is 1. The maximum absolute atomic E-state index is 13.4. The molecule has 2 aromatic carbocycles. The lowest BCUT2D eigenvalue weighted by Crippen LogP contribution is -2.42. The molecule has 7 nitrogen and oxygen atoms in total. The van der Waals surface area contributed by atoms with E-state index in [9.17, 15) is 31.5 Å². The van der Waals surface area contributed by atoms with E-state index >= 15 is 0 Å². The highest BCUT2D eigenvalue weighted by Gasteiger charge is 2.36. The molecule has 43 heavy (non-hydrogen) atoms. The van der Waals surface area contributed by atoms with Gasteiger partial charge in [0.1, 0.15) is 11.6 Å². The molecule has 0 unspecified atom stereocenters. The number of hydrogen-bond acceptors (Lipinski definition) is 5. The van der Waals surface area contributed by atoms with Crippen molar-refractivity contribution < 1.29 is 36.3 Å². The molecule has 3 N–H and O–H groups in total. The van der Waals surface area contributed by atoms with Gasteiger partial charge in [0.2, 0.25) is 6.41 Å². The number of alkyl halides is 5. The summed E-state index contributed by atoms with van der Waals surface area (Å²) >= 11 is 0. The zero-order valence-corrected chi connectivity index (χ0v) is 23.4. The first-order valence-electron chi connectivity index (χ1n) is 14.0. The number of nitrogens with two attached hydrogens (primary N) is 1. The summed E-state index contributed by atoms with van der Waals surface area (Å²) in [5, 5.41) is 2.44. The molecule has 1 aliphatic carbocycles. The summed E-state index contributed by atoms with van der Waals surface area (Å²) in [6, 6.07) is 13.3. The van der Waals surface area contributed by atoms with Crippen molar-refractivity contribution in [1.82, 2.24) is 15.2 Å². The van der Waals surface area contributed by atoms with E-state index in [1.54, 1.807) is 0 Å². The second-order valence-electron chi connectivity index (χ2n) is 10.5. The van der Waals surface area contributed by atoms with Crippen LogP contribution in [0.4, 0.5) is 27.8 Å². The van der Waals surface area contributed by atoms with Crippen LogP contribution in [0, 0.1) is 0 Å². The molecule has 1 aromatic heterocycles. The Morgan fingerprint density at radius 3 is 2.33 bits per heavy atom. The lowest BCUT2D eigenvalue weighted by Gasteiger charge is -2.31. The number of halogens is 5. The molecule has 2 amide bonds. The van der Waals surface area contributed by atoms with Gasteiger partial charge in [0.05, 0.1) is 12.2 Å². The van der Waals surface area contributed by atoms with Gasteiger partial charge in [0, 0.05) is 44.2 Å². The van der Waals surface area contributed by atoms with E-state index in [-0.39, 0.29) is 36.6 Å². The fourth-order valence-electron chi connectivity index (χ4n) is 4.54. The highest BCUT2D eigenvalue weighted by atomic mass is 19.4. The molecule has 0 bridgehead atoms. The number of aromatic nitrogens is 1. The predicted octanol–water partition coefficient (Wildman–Crippen LogP) is 6.30. The van der Waals surface area contributed by atoms with Crippen LogP contribution in [0.15, 0.2) is 60.8 Å². The molecular weight excluding hydrogens is 571 g/mol. The van der Waals surface area contributed by atoms with Gasteiger partial charge in [0.25, 0.3) is 11.8 Å². The number of ether oxygens (including phenoxy) is 1. The van der Waals surface area contributed by atoms with Crippen LogP contribution in [0.5, 0.6) is 5.75 Å². The van der Waals surface area contributed by atoms with Crippen molar-refractivity contribution in [1.29, 1.82) is 0 Å². The molecule has 0 radical (unpaired) electrons. The second kappa shape index (κ2) is 13.8. The van der Waals surface area contributed by atoms with Crippen LogP contribution in [-0.4, -0.2) is 54.4 Å². The fraction of sp³-hybridized carbons (Fsp3) is 0.387. The Morgan fingerprint density at radius 1 is 1.05 bits per heavy atom. The van der Waals surface area contributed by atoms with Gasteiger partial charge in [-0.15, -0.1) is 0 Å². The number of anilines is 1. The third-order valence-corrected chi connectivity index (χ3v) is 7.16. The Kier molecular flexibility index (Phi) is 10.2. The average Bonchev–Trinajstić information content (AvgIpc) is 3.83. The topological polar surface area (TPSA) is 97.5 Å². The van der Waals surface area contributed by atoms with Crippen LogP contribution in [0.3, 0.4) is 0 Å². The zero-order valence-electron chi connectivity index (χ0n) is 23.4. The van der Waals surface area contributed by atoms with Crippen molar-refractivity contribution in [2.24, 2.45) is 0 Å². The lowest BCUT2D eigenvalue weighted by atomic mass is 10.00. The number of rotatable bonds is 9. The number of amides is 2. The predicted molar refractivity (Wildman–Crippen MR) is 152 cm³/mol. The van der Waals surface area contributed by atoms with Crippen molar-refractivity contribution >= 4 is 18.1 Å². The number of benzene rings is 2. The van der Waals surface area contributed by atoms with Crippen LogP contribution < -0.4 is 15.8 Å². The van der Waals surface area contributed by atoms with Gasteiger partial charge >= 0.3 is 6.18 Å². The number of hydrogen-bond donors (Lipinski definition) is 2. The van der Waals surface area contributed by atoms with Crippen molar-refractivity contribution in [2.75, 3.05) is 32.0 Å². The first kappa shape index (κ1) is 31.7. The minimum absolute atomic E-state index is 0.0281. The molecule has 3 aromatic rings. The maximum atomic E-state index is 13.4. The Morgan fingerprint density at radius 2 is 1.74 bits per heavy atom. The van der Waals surface area contributed by atoms with E-state index in [0.717, 1.165) is 18.1 Å². The van der Waals surface area contributed by atoms with Crippen LogP contribution in [0.25, 0.3) is 11.1 Å². The minimum atomic E-state index is -4.58. The van der Waals surface area contributed by atoms with Crippen LogP contribution in [0.1, 0.15) is 59.5 Å². The van der Waals surface area contributed by atoms with E-state index in [0.29, 0.717) is 30.8 Å². The summed E-state index contributed by atoms with van der Waals surface area (Å²) in [6.07, 6.45) is 0.106. The number of carbonyl (C=O) groups is 2. The first-order valence-corrected chi connectivity index (χ1v) is 14.0. The van der Waals surface area contributed by atoms with E-state index in [1.807, 2.05) is 12.3 Å². The van der Waals surface area contributed by atoms with Gasteiger partial charge in [-0.3, -0.25) is 9.59 Å². The van der Waals surface area contributed by atoms with E-state index in [2.05, 4.69) is 16.4 Å². The molecule has 1 saturated carbocycles. The van der Waals surface area contributed by atoms with Gasteiger partial charge in [0.15, 0.2) is 0 Å². The van der Waals surface area contributed by atoms with E-state index in [4.69, 9.17) is 10.5 Å². The molecule has 230 valence electrons. The molecule has 0 atom stereocenters. The molecular formula is C31H33F5N4O3. The molecule has 12 heteroatoms. The first-order chi connectivity index (χ1) is 20.4. The Balaban J connectivity index is 0.000000353. The van der Waals surface area contributed by atoms with Gasteiger partial charge in [-0.2, -0.15) is 13.2 Å².